The van der Waals surface area contributed by atoms with Crippen LogP contribution in [0.1, 0.15) is 88.7 Å². The summed E-state index contributed by atoms with van der Waals surface area (Å²) >= 11 is 0. The van der Waals surface area contributed by atoms with Crippen molar-refractivity contribution < 1.29 is 13.2 Å². The van der Waals surface area contributed by atoms with Crippen LogP contribution in [0.4, 0.5) is 13.2 Å². The van der Waals surface area contributed by atoms with Crippen LogP contribution < -0.4 is 0 Å². The van der Waals surface area contributed by atoms with E-state index in [-0.39, 0.29) is 11.4 Å². The van der Waals surface area contributed by atoms with Crippen molar-refractivity contribution in [2.24, 2.45) is 5.92 Å². The standard InChI is InChI=1S/C36H41F3/c1-3-5-7-9-11-26-13-15-28(16-14-26)32-23-22-31(25-34(32)37)27-17-19-29(20-18-27)33-24-21-30(35(38)36(33)39)12-10-8-6-4-2/h4,15,17-26H,2-3,5-14,16H2,1H3. The van der Waals surface area contributed by atoms with Crippen LogP contribution in [0.5, 0.6) is 0 Å². The van der Waals surface area contributed by atoms with Gasteiger partial charge in [0.25, 0.3) is 0 Å². The van der Waals surface area contributed by atoms with Gasteiger partial charge in [0.15, 0.2) is 11.6 Å². The van der Waals surface area contributed by atoms with Gasteiger partial charge < -0.3 is 0 Å². The molecule has 0 amide bonds. The van der Waals surface area contributed by atoms with Crippen molar-refractivity contribution in [3.8, 4) is 22.3 Å². The predicted molar refractivity (Wildman–Crippen MR) is 159 cm³/mol. The summed E-state index contributed by atoms with van der Waals surface area (Å²) in [7, 11) is 0. The van der Waals surface area contributed by atoms with Crippen molar-refractivity contribution in [2.45, 2.75) is 84.0 Å². The lowest BCUT2D eigenvalue weighted by atomic mass is 9.83. The summed E-state index contributed by atoms with van der Waals surface area (Å²) in [6.45, 7) is 5.93. The molecule has 0 saturated heterocycles. The van der Waals surface area contributed by atoms with E-state index in [4.69, 9.17) is 0 Å². The maximum Gasteiger partial charge on any atom is 0.166 e. The lowest BCUT2D eigenvalue weighted by Crippen LogP contribution is -2.06. The smallest absolute Gasteiger partial charge is 0.166 e. The minimum absolute atomic E-state index is 0.207. The fourth-order valence-electron chi connectivity index (χ4n) is 5.66. The highest BCUT2D eigenvalue weighted by Crippen LogP contribution is 2.36. The third-order valence-corrected chi connectivity index (χ3v) is 8.10. The number of aryl methyl sites for hydroxylation is 1. The summed E-state index contributed by atoms with van der Waals surface area (Å²) in [6.07, 6.45) is 16.7. The van der Waals surface area contributed by atoms with Crippen LogP contribution in [0.25, 0.3) is 27.8 Å². The summed E-state index contributed by atoms with van der Waals surface area (Å²) in [4.78, 5) is 0. The molecule has 0 N–H and O–H groups in total. The Balaban J connectivity index is 1.42. The van der Waals surface area contributed by atoms with E-state index in [1.807, 2.05) is 30.3 Å². The zero-order valence-corrected chi connectivity index (χ0v) is 23.3. The van der Waals surface area contributed by atoms with E-state index in [0.717, 1.165) is 61.1 Å². The molecule has 0 saturated carbocycles. The zero-order valence-electron chi connectivity index (χ0n) is 23.3. The van der Waals surface area contributed by atoms with Gasteiger partial charge >= 0.3 is 0 Å². The molecule has 0 nitrogen and oxygen atoms in total. The molecule has 0 aliphatic heterocycles. The monoisotopic (exact) mass is 530 g/mol. The van der Waals surface area contributed by atoms with E-state index in [0.29, 0.717) is 23.1 Å². The first-order valence-electron chi connectivity index (χ1n) is 14.7. The van der Waals surface area contributed by atoms with Crippen LogP contribution in [-0.4, -0.2) is 0 Å². The Bertz CT molecular complexity index is 1270. The van der Waals surface area contributed by atoms with Crippen LogP contribution in [-0.2, 0) is 6.42 Å². The molecule has 39 heavy (non-hydrogen) atoms. The molecule has 1 unspecified atom stereocenters. The Morgan fingerprint density at radius 1 is 0.795 bits per heavy atom. The molecule has 0 fully saturated rings. The summed E-state index contributed by atoms with van der Waals surface area (Å²) in [5.74, 6) is -1.07. The van der Waals surface area contributed by atoms with Crippen molar-refractivity contribution in [3.63, 3.8) is 0 Å². The molecule has 0 spiro atoms. The van der Waals surface area contributed by atoms with Gasteiger partial charge in [-0.3, -0.25) is 0 Å². The van der Waals surface area contributed by atoms with E-state index in [2.05, 4.69) is 19.6 Å². The fourth-order valence-corrected chi connectivity index (χ4v) is 5.66. The minimum Gasteiger partial charge on any atom is -0.206 e. The van der Waals surface area contributed by atoms with Crippen molar-refractivity contribution in [2.75, 3.05) is 0 Å². The highest BCUT2D eigenvalue weighted by Gasteiger charge is 2.18. The highest BCUT2D eigenvalue weighted by atomic mass is 19.2. The van der Waals surface area contributed by atoms with Crippen molar-refractivity contribution >= 4 is 5.57 Å². The molecule has 3 aromatic carbocycles. The number of unbranched alkanes of at least 4 members (excludes halogenated alkanes) is 5. The maximum atomic E-state index is 15.2. The number of hydrogen-bond donors (Lipinski definition) is 0. The van der Waals surface area contributed by atoms with Crippen molar-refractivity contribution in [1.29, 1.82) is 0 Å². The molecular formula is C36H41F3. The van der Waals surface area contributed by atoms with Crippen molar-refractivity contribution in [3.05, 3.63) is 102 Å². The molecule has 0 bridgehead atoms. The average molecular weight is 531 g/mol. The Hall–Kier alpha value is -3.07. The van der Waals surface area contributed by atoms with Crippen LogP contribution in [0.2, 0.25) is 0 Å². The molecule has 0 aromatic heterocycles. The zero-order chi connectivity index (χ0) is 27.6. The Labute approximate surface area is 232 Å². The lowest BCUT2D eigenvalue weighted by molar-refractivity contribution is 0.425. The summed E-state index contributed by atoms with van der Waals surface area (Å²) < 4.78 is 44.8. The van der Waals surface area contributed by atoms with E-state index >= 15 is 4.39 Å². The van der Waals surface area contributed by atoms with Gasteiger partial charge in [0, 0.05) is 11.1 Å². The Morgan fingerprint density at radius 2 is 1.54 bits per heavy atom. The van der Waals surface area contributed by atoms with Crippen molar-refractivity contribution in [1.82, 2.24) is 0 Å². The third kappa shape index (κ3) is 7.53. The van der Waals surface area contributed by atoms with Gasteiger partial charge in [0.05, 0.1) is 0 Å². The molecular weight excluding hydrogens is 489 g/mol. The molecule has 1 atom stereocenters. The van der Waals surface area contributed by atoms with Crippen LogP contribution in [0.15, 0.2) is 73.3 Å². The Kier molecular flexibility index (Phi) is 10.6. The van der Waals surface area contributed by atoms with Gasteiger partial charge in [-0.1, -0.05) is 99.7 Å². The van der Waals surface area contributed by atoms with Crippen LogP contribution in [0, 0.1) is 23.4 Å². The molecule has 3 heteroatoms. The van der Waals surface area contributed by atoms with Gasteiger partial charge in [0.2, 0.25) is 0 Å². The molecule has 0 radical (unpaired) electrons. The molecule has 3 aromatic rings. The lowest BCUT2D eigenvalue weighted by Gasteiger charge is -2.22. The second-order valence-electron chi connectivity index (χ2n) is 10.9. The number of rotatable bonds is 13. The first-order valence-corrected chi connectivity index (χ1v) is 14.7. The minimum atomic E-state index is -0.816. The van der Waals surface area contributed by atoms with Gasteiger partial charge in [-0.2, -0.15) is 0 Å². The number of hydrogen-bond acceptors (Lipinski definition) is 0. The molecule has 4 rings (SSSR count). The molecule has 1 aliphatic rings. The molecule has 1 aliphatic carbocycles. The average Bonchev–Trinajstić information content (AvgIpc) is 2.96. The van der Waals surface area contributed by atoms with E-state index in [1.54, 1.807) is 30.3 Å². The second-order valence-corrected chi connectivity index (χ2v) is 10.9. The SMILES string of the molecule is C=CCCCCc1ccc(-c2ccc(-c3ccc(C4=CCC(CCCCCC)CC4)c(F)c3)cc2)c(F)c1F. The maximum absolute atomic E-state index is 15.2. The number of allylic oxidation sites excluding steroid dienone is 3. The first-order chi connectivity index (χ1) is 19.0. The quantitative estimate of drug-likeness (QED) is 0.152. The number of benzene rings is 3. The summed E-state index contributed by atoms with van der Waals surface area (Å²) in [5, 5.41) is 0. The fraction of sp³-hybridized carbons (Fsp3) is 0.389. The summed E-state index contributed by atoms with van der Waals surface area (Å²) in [6, 6.07) is 16.0. The molecule has 0 heterocycles. The Morgan fingerprint density at radius 3 is 2.23 bits per heavy atom. The third-order valence-electron chi connectivity index (χ3n) is 8.10. The first kappa shape index (κ1) is 28.9. The van der Waals surface area contributed by atoms with Crippen LogP contribution in [0.3, 0.4) is 0 Å². The van der Waals surface area contributed by atoms with Gasteiger partial charge in [0.1, 0.15) is 5.82 Å². The van der Waals surface area contributed by atoms with Gasteiger partial charge in [-0.05, 0) is 84.8 Å². The van der Waals surface area contributed by atoms with Crippen LogP contribution >= 0.6 is 0 Å². The summed E-state index contributed by atoms with van der Waals surface area (Å²) in [5.41, 5.74) is 4.67. The molecule has 206 valence electrons. The van der Waals surface area contributed by atoms with Gasteiger partial charge in [-0.15, -0.1) is 6.58 Å². The number of halogens is 3. The topological polar surface area (TPSA) is 0 Å². The normalized spacial score (nSPS) is 15.3. The highest BCUT2D eigenvalue weighted by molar-refractivity contribution is 5.74. The van der Waals surface area contributed by atoms with E-state index in [1.165, 1.54) is 32.1 Å². The van der Waals surface area contributed by atoms with Gasteiger partial charge in [-0.25, -0.2) is 13.2 Å². The second kappa shape index (κ2) is 14.4. The predicted octanol–water partition coefficient (Wildman–Crippen LogP) is 11.5. The van der Waals surface area contributed by atoms with E-state index < -0.39 is 11.6 Å². The van der Waals surface area contributed by atoms with E-state index in [9.17, 15) is 8.78 Å². The largest absolute Gasteiger partial charge is 0.206 e.